The van der Waals surface area contributed by atoms with Crippen LogP contribution < -0.4 is 20.0 Å². The number of hydrogen-bond donors (Lipinski definition) is 1. The molecule has 1 aliphatic heterocycles. The first-order chi connectivity index (χ1) is 19.1. The topological polar surface area (TPSA) is 60.4 Å². The van der Waals surface area contributed by atoms with E-state index in [4.69, 9.17) is 9.97 Å². The Labute approximate surface area is 235 Å². The monoisotopic (exact) mass is 529 g/mol. The van der Waals surface area contributed by atoms with Crippen molar-refractivity contribution in [1.29, 1.82) is 0 Å². The maximum absolute atomic E-state index is 4.98. The summed E-state index contributed by atoms with van der Waals surface area (Å²) in [5.74, 6) is 5.04. The molecule has 3 aliphatic rings. The van der Waals surface area contributed by atoms with E-state index < -0.39 is 0 Å². The summed E-state index contributed by atoms with van der Waals surface area (Å²) in [5, 5.41) is 3.69. The van der Waals surface area contributed by atoms with Gasteiger partial charge in [0.25, 0.3) is 0 Å². The molecule has 7 nitrogen and oxygen atoms in total. The molecule has 39 heavy (non-hydrogen) atoms. The number of allylic oxidation sites excluding steroid dienone is 4. The summed E-state index contributed by atoms with van der Waals surface area (Å²) in [6.45, 7) is 5.88. The second-order valence-corrected chi connectivity index (χ2v) is 11.6. The molecular weight excluding hydrogens is 482 g/mol. The van der Waals surface area contributed by atoms with Gasteiger partial charge in [-0.25, -0.2) is 4.98 Å². The molecule has 210 valence electrons. The van der Waals surface area contributed by atoms with Crippen LogP contribution >= 0.6 is 0 Å². The third-order valence-corrected chi connectivity index (χ3v) is 8.43. The lowest BCUT2D eigenvalue weighted by atomic mass is 9.96. The van der Waals surface area contributed by atoms with Gasteiger partial charge in [0, 0.05) is 64.2 Å². The van der Waals surface area contributed by atoms with Crippen LogP contribution in [0.4, 0.5) is 23.4 Å². The fourth-order valence-corrected chi connectivity index (χ4v) is 5.94. The van der Waals surface area contributed by atoms with Crippen molar-refractivity contribution in [3.05, 3.63) is 53.9 Å². The van der Waals surface area contributed by atoms with Gasteiger partial charge < -0.3 is 20.0 Å². The minimum absolute atomic E-state index is 0.627. The van der Waals surface area contributed by atoms with Crippen molar-refractivity contribution >= 4 is 23.4 Å². The number of hydrogen-bond acceptors (Lipinski definition) is 7. The van der Waals surface area contributed by atoms with Crippen LogP contribution in [0.15, 0.2) is 53.9 Å². The number of rotatable bonds is 14. The van der Waals surface area contributed by atoms with E-state index in [1.807, 2.05) is 26.4 Å². The second-order valence-electron chi connectivity index (χ2n) is 11.6. The molecule has 3 heterocycles. The summed E-state index contributed by atoms with van der Waals surface area (Å²) in [6, 6.07) is 8.18. The molecule has 0 amide bonds. The molecular formula is C32H47N7. The minimum atomic E-state index is 0.627. The molecule has 5 rings (SSSR count). The second kappa shape index (κ2) is 13.3. The number of nitrogens with one attached hydrogen (secondary N) is 1. The van der Waals surface area contributed by atoms with Gasteiger partial charge >= 0.3 is 0 Å². The molecule has 2 atom stereocenters. The Balaban J connectivity index is 1.17. The average Bonchev–Trinajstić information content (AvgIpc) is 3.78. The van der Waals surface area contributed by atoms with E-state index in [1.54, 1.807) is 5.57 Å². The highest BCUT2D eigenvalue weighted by Gasteiger charge is 2.43. The van der Waals surface area contributed by atoms with Crippen molar-refractivity contribution in [2.24, 2.45) is 11.8 Å². The van der Waals surface area contributed by atoms with E-state index in [0.29, 0.717) is 5.92 Å². The fraction of sp³-hybridized carbons (Fsp3) is 0.594. The predicted octanol–water partition coefficient (Wildman–Crippen LogP) is 6.67. The van der Waals surface area contributed by atoms with Gasteiger partial charge in [0.1, 0.15) is 17.5 Å². The van der Waals surface area contributed by atoms with Crippen LogP contribution in [0.2, 0.25) is 0 Å². The fourth-order valence-electron chi connectivity index (χ4n) is 5.94. The van der Waals surface area contributed by atoms with Crippen molar-refractivity contribution in [2.75, 3.05) is 60.3 Å². The normalized spacial score (nSPS) is 20.3. The lowest BCUT2D eigenvalue weighted by molar-refractivity contribution is 0.570. The highest BCUT2D eigenvalue weighted by molar-refractivity contribution is 5.58. The summed E-state index contributed by atoms with van der Waals surface area (Å²) in [6.07, 6.45) is 20.2. The zero-order valence-corrected chi connectivity index (χ0v) is 24.3. The number of piperazine rings is 1. The molecule has 0 aromatic carbocycles. The quantitative estimate of drug-likeness (QED) is 0.274. The number of anilines is 4. The van der Waals surface area contributed by atoms with Crippen LogP contribution in [0.1, 0.15) is 71.1 Å². The minimum Gasteiger partial charge on any atom is -0.363 e. The average molecular weight is 530 g/mol. The molecule has 1 N–H and O–H groups in total. The van der Waals surface area contributed by atoms with Gasteiger partial charge in [0.2, 0.25) is 5.95 Å². The molecule has 0 bridgehead atoms. The van der Waals surface area contributed by atoms with E-state index in [-0.39, 0.29) is 0 Å². The number of nitrogens with zero attached hydrogens (tertiary/aromatic N) is 6. The summed E-state index contributed by atoms with van der Waals surface area (Å²) < 4.78 is 0. The summed E-state index contributed by atoms with van der Waals surface area (Å²) >= 11 is 0. The summed E-state index contributed by atoms with van der Waals surface area (Å²) in [5.41, 5.74) is 2.98. The molecule has 7 heteroatoms. The van der Waals surface area contributed by atoms with E-state index in [9.17, 15) is 0 Å². The van der Waals surface area contributed by atoms with Gasteiger partial charge in [-0.1, -0.05) is 69.6 Å². The van der Waals surface area contributed by atoms with Gasteiger partial charge in [-0.3, -0.25) is 0 Å². The highest BCUT2D eigenvalue weighted by Crippen LogP contribution is 2.52. The molecule has 2 aromatic heterocycles. The zero-order valence-electron chi connectivity index (χ0n) is 24.3. The Bertz CT molecular complexity index is 1120. The predicted molar refractivity (Wildman–Crippen MR) is 164 cm³/mol. The van der Waals surface area contributed by atoms with Crippen LogP contribution in [-0.2, 0) is 0 Å². The molecule has 0 spiro atoms. The van der Waals surface area contributed by atoms with Crippen LogP contribution in [0.5, 0.6) is 0 Å². The SMILES string of the molecule is CCCCCCCCCCC1=CC=C(Nc2cc(N(C)C)nc(N3CCN(c4ccccn4)CC3)n2)C2CC12. The van der Waals surface area contributed by atoms with E-state index >= 15 is 0 Å². The lowest BCUT2D eigenvalue weighted by Gasteiger charge is -2.35. The highest BCUT2D eigenvalue weighted by atomic mass is 15.3. The Kier molecular flexibility index (Phi) is 9.38. The van der Waals surface area contributed by atoms with Gasteiger partial charge in [-0.2, -0.15) is 9.97 Å². The molecule has 1 saturated heterocycles. The maximum atomic E-state index is 4.98. The van der Waals surface area contributed by atoms with Gasteiger partial charge in [0.05, 0.1) is 0 Å². The first kappa shape index (κ1) is 27.5. The molecule has 1 saturated carbocycles. The molecule has 2 unspecified atom stereocenters. The Morgan fingerprint density at radius 2 is 1.62 bits per heavy atom. The molecule has 0 radical (unpaired) electrons. The number of aromatic nitrogens is 3. The third kappa shape index (κ3) is 7.31. The number of unbranched alkanes of at least 4 members (excludes halogenated alkanes) is 7. The van der Waals surface area contributed by atoms with Crippen LogP contribution in [0, 0.1) is 11.8 Å². The number of fused-ring (bicyclic) bond motifs is 1. The Morgan fingerprint density at radius 3 is 2.33 bits per heavy atom. The van der Waals surface area contributed by atoms with Gasteiger partial charge in [0.15, 0.2) is 0 Å². The Morgan fingerprint density at radius 1 is 0.872 bits per heavy atom. The van der Waals surface area contributed by atoms with Crippen molar-refractivity contribution in [1.82, 2.24) is 15.0 Å². The van der Waals surface area contributed by atoms with Gasteiger partial charge in [-0.05, 0) is 43.4 Å². The van der Waals surface area contributed by atoms with Crippen LogP contribution in [0.25, 0.3) is 0 Å². The summed E-state index contributed by atoms with van der Waals surface area (Å²) in [7, 11) is 4.10. The molecule has 2 aromatic rings. The van der Waals surface area contributed by atoms with E-state index in [0.717, 1.165) is 55.5 Å². The first-order valence-corrected chi connectivity index (χ1v) is 15.3. The van der Waals surface area contributed by atoms with E-state index in [2.05, 4.69) is 62.3 Å². The van der Waals surface area contributed by atoms with E-state index in [1.165, 1.54) is 69.9 Å². The lowest BCUT2D eigenvalue weighted by Crippen LogP contribution is -2.47. The van der Waals surface area contributed by atoms with Crippen LogP contribution in [0.3, 0.4) is 0 Å². The Hall–Kier alpha value is -3.09. The largest absolute Gasteiger partial charge is 0.363 e. The zero-order chi connectivity index (χ0) is 27.0. The van der Waals surface area contributed by atoms with Crippen molar-refractivity contribution in [2.45, 2.75) is 71.1 Å². The van der Waals surface area contributed by atoms with Crippen molar-refractivity contribution < 1.29 is 0 Å². The standard InChI is InChI=1S/C32H47N7/c1-4-5-6-7-8-9-10-11-14-25-16-17-28(27-23-26(25)27)34-29-24-31(37(2)3)36-32(35-29)39-21-19-38(20-22-39)30-15-12-13-18-33-30/h12-13,15-18,24,26-27H,4-11,14,19-23H2,1-3H3,(H,34,35,36). The summed E-state index contributed by atoms with van der Waals surface area (Å²) in [4.78, 5) is 21.1. The van der Waals surface area contributed by atoms with Crippen molar-refractivity contribution in [3.63, 3.8) is 0 Å². The van der Waals surface area contributed by atoms with Gasteiger partial charge in [-0.15, -0.1) is 0 Å². The number of pyridine rings is 1. The molecule has 2 aliphatic carbocycles. The van der Waals surface area contributed by atoms with Crippen LogP contribution in [-0.4, -0.2) is 55.2 Å². The van der Waals surface area contributed by atoms with Crippen molar-refractivity contribution in [3.8, 4) is 0 Å². The third-order valence-electron chi connectivity index (χ3n) is 8.43. The molecule has 2 fully saturated rings. The maximum Gasteiger partial charge on any atom is 0.229 e. The first-order valence-electron chi connectivity index (χ1n) is 15.3. The smallest absolute Gasteiger partial charge is 0.229 e.